The number of hydrogen-bond donors (Lipinski definition) is 0. The minimum atomic E-state index is -0.0806. The van der Waals surface area contributed by atoms with E-state index in [4.69, 9.17) is 0 Å². The van der Waals surface area contributed by atoms with E-state index in [1.807, 2.05) is 40.4 Å². The highest BCUT2D eigenvalue weighted by molar-refractivity contribution is 5.87. The molecule has 0 N–H and O–H groups in total. The van der Waals surface area contributed by atoms with Gasteiger partial charge in [-0.25, -0.2) is 0 Å². The zero-order valence-corrected chi connectivity index (χ0v) is 15.1. The monoisotopic (exact) mass is 341 g/mol. The van der Waals surface area contributed by atoms with Crippen LogP contribution in [0.15, 0.2) is 37.3 Å². The van der Waals surface area contributed by atoms with E-state index in [0.717, 1.165) is 30.3 Å². The van der Waals surface area contributed by atoms with Gasteiger partial charge in [0.1, 0.15) is 0 Å². The van der Waals surface area contributed by atoms with Gasteiger partial charge in [0, 0.05) is 37.6 Å². The van der Waals surface area contributed by atoms with Gasteiger partial charge >= 0.3 is 0 Å². The first-order valence-electron chi connectivity index (χ1n) is 9.08. The van der Waals surface area contributed by atoms with Crippen LogP contribution in [0.1, 0.15) is 50.4 Å². The van der Waals surface area contributed by atoms with Gasteiger partial charge in [-0.1, -0.05) is 13.0 Å². The molecule has 0 aromatic carbocycles. The Bertz CT molecular complexity index is 728. The molecule has 0 radical (unpaired) electrons. The van der Waals surface area contributed by atoms with Crippen molar-refractivity contribution < 1.29 is 4.79 Å². The van der Waals surface area contributed by atoms with E-state index in [1.165, 1.54) is 25.3 Å². The van der Waals surface area contributed by atoms with Crippen LogP contribution >= 0.6 is 0 Å². The second-order valence-electron chi connectivity index (χ2n) is 6.79. The summed E-state index contributed by atoms with van der Waals surface area (Å²) < 4.78 is 3.94. The molecule has 3 rings (SSSR count). The minimum Gasteiger partial charge on any atom is -0.326 e. The summed E-state index contributed by atoms with van der Waals surface area (Å²) >= 11 is 0. The fourth-order valence-electron chi connectivity index (χ4n) is 3.37. The maximum atomic E-state index is 12.4. The largest absolute Gasteiger partial charge is 0.326 e. The smallest absolute Gasteiger partial charge is 0.246 e. The van der Waals surface area contributed by atoms with Gasteiger partial charge in [-0.3, -0.25) is 14.2 Å². The van der Waals surface area contributed by atoms with Crippen LogP contribution < -0.4 is 0 Å². The quantitative estimate of drug-likeness (QED) is 0.693. The number of rotatable bonds is 8. The number of aryl methyl sites for hydroxylation is 1. The van der Waals surface area contributed by atoms with Crippen LogP contribution in [0.3, 0.4) is 0 Å². The first-order valence-corrected chi connectivity index (χ1v) is 9.08. The van der Waals surface area contributed by atoms with Crippen molar-refractivity contribution in [1.82, 2.24) is 24.5 Å². The Morgan fingerprint density at radius 1 is 1.48 bits per heavy atom. The van der Waals surface area contributed by atoms with Crippen LogP contribution in [-0.4, -0.2) is 30.4 Å². The lowest BCUT2D eigenvalue weighted by Gasteiger charge is -2.28. The third kappa shape index (κ3) is 3.83. The van der Waals surface area contributed by atoms with Crippen LogP contribution in [0.2, 0.25) is 0 Å². The van der Waals surface area contributed by atoms with Gasteiger partial charge in [-0.05, 0) is 44.7 Å². The van der Waals surface area contributed by atoms with Crippen LogP contribution in [0.4, 0.5) is 0 Å². The second-order valence-corrected chi connectivity index (χ2v) is 6.79. The first kappa shape index (κ1) is 17.5. The lowest BCUT2D eigenvalue weighted by Crippen LogP contribution is -2.32. The van der Waals surface area contributed by atoms with E-state index in [2.05, 4.69) is 23.0 Å². The molecule has 25 heavy (non-hydrogen) atoms. The molecule has 6 heteroatoms. The molecule has 1 amide bonds. The molecule has 0 saturated heterocycles. The van der Waals surface area contributed by atoms with Crippen LogP contribution in [0.5, 0.6) is 0 Å². The van der Waals surface area contributed by atoms with Crippen molar-refractivity contribution in [2.45, 2.75) is 58.8 Å². The number of nitrogens with zero attached hydrogens (tertiary/aromatic N) is 5. The van der Waals surface area contributed by atoms with E-state index in [1.54, 1.807) is 6.20 Å². The summed E-state index contributed by atoms with van der Waals surface area (Å²) in [6, 6.07) is 1.89. The van der Waals surface area contributed by atoms with Gasteiger partial charge in [0.25, 0.3) is 0 Å². The Morgan fingerprint density at radius 3 is 2.92 bits per heavy atom. The molecule has 6 nitrogen and oxygen atoms in total. The Hall–Kier alpha value is -2.37. The topological polar surface area (TPSA) is 56.0 Å². The van der Waals surface area contributed by atoms with Crippen molar-refractivity contribution >= 4 is 5.91 Å². The molecule has 0 spiro atoms. The van der Waals surface area contributed by atoms with Gasteiger partial charge in [-0.15, -0.1) is 0 Å². The Labute approximate surface area is 149 Å². The van der Waals surface area contributed by atoms with Crippen molar-refractivity contribution in [3.8, 4) is 0 Å². The highest BCUT2D eigenvalue weighted by Crippen LogP contribution is 2.28. The Morgan fingerprint density at radius 2 is 2.28 bits per heavy atom. The maximum absolute atomic E-state index is 12.4. The third-order valence-electron chi connectivity index (χ3n) is 5.11. The molecule has 1 aliphatic rings. The summed E-state index contributed by atoms with van der Waals surface area (Å²) in [6.45, 7) is 10.0. The summed E-state index contributed by atoms with van der Waals surface area (Å²) in [5.74, 6) is 0.680. The fraction of sp³-hybridized carbons (Fsp3) is 0.526. The Balaban J connectivity index is 1.74. The fourth-order valence-corrected chi connectivity index (χ4v) is 3.37. The molecule has 1 saturated carbocycles. The van der Waals surface area contributed by atoms with Crippen molar-refractivity contribution in [2.24, 2.45) is 5.92 Å². The third-order valence-corrected chi connectivity index (χ3v) is 5.11. The molecule has 2 aromatic heterocycles. The lowest BCUT2D eigenvalue weighted by atomic mass is 9.85. The molecule has 2 aromatic rings. The molecular weight excluding hydrogens is 314 g/mol. The van der Waals surface area contributed by atoms with E-state index in [9.17, 15) is 4.79 Å². The number of hydrogen-bond acceptors (Lipinski definition) is 3. The van der Waals surface area contributed by atoms with Gasteiger partial charge in [0.05, 0.1) is 17.9 Å². The number of aromatic nitrogens is 4. The summed E-state index contributed by atoms with van der Waals surface area (Å²) in [4.78, 5) is 14.3. The van der Waals surface area contributed by atoms with Crippen LogP contribution in [0, 0.1) is 5.92 Å². The molecular formula is C19H27N5O. The number of carbonyl (C=O) groups is 1. The Kier molecular flexibility index (Phi) is 5.36. The second kappa shape index (κ2) is 7.68. The van der Waals surface area contributed by atoms with Crippen LogP contribution in [0.25, 0.3) is 0 Å². The highest BCUT2D eigenvalue weighted by Gasteiger charge is 2.23. The van der Waals surface area contributed by atoms with Crippen LogP contribution in [-0.2, 0) is 24.4 Å². The van der Waals surface area contributed by atoms with Crippen molar-refractivity contribution in [1.29, 1.82) is 0 Å². The molecule has 1 unspecified atom stereocenters. The van der Waals surface area contributed by atoms with E-state index in [0.29, 0.717) is 6.54 Å². The van der Waals surface area contributed by atoms with Crippen molar-refractivity contribution in [3.63, 3.8) is 0 Å². The molecule has 1 aliphatic carbocycles. The van der Waals surface area contributed by atoms with Gasteiger partial charge in [-0.2, -0.15) is 10.2 Å². The normalized spacial score (nSPS) is 15.6. The van der Waals surface area contributed by atoms with E-state index in [-0.39, 0.29) is 11.9 Å². The lowest BCUT2D eigenvalue weighted by molar-refractivity contribution is -0.128. The first-order chi connectivity index (χ1) is 12.1. The summed E-state index contributed by atoms with van der Waals surface area (Å²) in [5, 5.41) is 8.79. The maximum Gasteiger partial charge on any atom is 0.246 e. The highest BCUT2D eigenvalue weighted by atomic mass is 16.2. The molecule has 0 bridgehead atoms. The minimum absolute atomic E-state index is 0.0805. The summed E-state index contributed by atoms with van der Waals surface area (Å²) in [7, 11) is 0. The zero-order valence-electron chi connectivity index (χ0n) is 15.1. The predicted octanol–water partition coefficient (Wildman–Crippen LogP) is 3.18. The van der Waals surface area contributed by atoms with E-state index < -0.39 is 0 Å². The SMILES string of the molecule is C=CC(=O)N(Cc1cnn(CC2CCC2)c1)C(C)c1ccnn1CC. The molecule has 1 fully saturated rings. The summed E-state index contributed by atoms with van der Waals surface area (Å²) in [6.07, 6.45) is 11.0. The van der Waals surface area contributed by atoms with Gasteiger partial charge in [0.2, 0.25) is 5.91 Å². The number of amides is 1. The average molecular weight is 341 g/mol. The number of carbonyl (C=O) groups excluding carboxylic acids is 1. The van der Waals surface area contributed by atoms with Crippen molar-refractivity contribution in [2.75, 3.05) is 0 Å². The standard InChI is InChI=1S/C19H27N5O/c1-4-19(25)23(15(3)18-9-10-20-24(18)5-2)14-17-11-21-22(13-17)12-16-7-6-8-16/h4,9-11,13,15-16H,1,5-8,12,14H2,2-3H3. The summed E-state index contributed by atoms with van der Waals surface area (Å²) in [5.41, 5.74) is 2.07. The molecule has 0 aliphatic heterocycles. The zero-order chi connectivity index (χ0) is 17.8. The van der Waals surface area contributed by atoms with Gasteiger partial charge < -0.3 is 4.90 Å². The van der Waals surface area contributed by atoms with Gasteiger partial charge in [0.15, 0.2) is 0 Å². The predicted molar refractivity (Wildman–Crippen MR) is 96.6 cm³/mol. The average Bonchev–Trinajstić information content (AvgIpc) is 3.23. The molecule has 134 valence electrons. The van der Waals surface area contributed by atoms with Crippen molar-refractivity contribution in [3.05, 3.63) is 48.6 Å². The van der Waals surface area contributed by atoms with E-state index >= 15 is 0 Å². The molecule has 2 heterocycles. The molecule has 1 atom stereocenters.